The van der Waals surface area contributed by atoms with Crippen molar-refractivity contribution in [3.8, 4) is 5.75 Å². The molecule has 1 aromatic rings. The molecule has 0 fully saturated rings. The average molecular weight is 270 g/mol. The summed E-state index contributed by atoms with van der Waals surface area (Å²) in [5.41, 5.74) is 3.82. The molecule has 0 bridgehead atoms. The molecule has 0 spiro atoms. The number of ether oxygens (including phenoxy) is 1. The Bertz CT molecular complexity index is 356. The van der Waals surface area contributed by atoms with Gasteiger partial charge < -0.3 is 9.64 Å². The van der Waals surface area contributed by atoms with E-state index in [-0.39, 0.29) is 0 Å². The number of benzene rings is 1. The minimum Gasteiger partial charge on any atom is -0.496 e. The molecular weight excluding hydrogens is 246 g/mol. The van der Waals surface area contributed by atoms with E-state index in [1.807, 2.05) is 0 Å². The van der Waals surface area contributed by atoms with Crippen molar-refractivity contribution in [2.45, 2.75) is 26.7 Å². The van der Waals surface area contributed by atoms with Crippen molar-refractivity contribution in [2.24, 2.45) is 0 Å². The summed E-state index contributed by atoms with van der Waals surface area (Å²) in [5.74, 6) is 1.75. The lowest BCUT2D eigenvalue weighted by atomic mass is 10.0. The zero-order valence-corrected chi connectivity index (χ0v) is 12.7. The number of nitrogens with zero attached hydrogens (tertiary/aromatic N) is 1. The third kappa shape index (κ3) is 4.51. The van der Waals surface area contributed by atoms with Gasteiger partial charge in [-0.3, -0.25) is 0 Å². The van der Waals surface area contributed by atoms with Crippen molar-refractivity contribution in [1.82, 2.24) is 4.90 Å². The lowest BCUT2D eigenvalue weighted by Crippen LogP contribution is -2.22. The number of halogens is 1. The Morgan fingerprint density at radius 3 is 2.28 bits per heavy atom. The number of alkyl halides is 1. The average Bonchev–Trinajstić information content (AvgIpc) is 2.33. The molecule has 18 heavy (non-hydrogen) atoms. The summed E-state index contributed by atoms with van der Waals surface area (Å²) in [4.78, 5) is 2.33. The van der Waals surface area contributed by atoms with E-state index in [1.165, 1.54) is 16.7 Å². The molecule has 0 aliphatic carbocycles. The fraction of sp³-hybridized carbons (Fsp3) is 0.600. The summed E-state index contributed by atoms with van der Waals surface area (Å²) in [5, 5.41) is 0. The SMILES string of the molecule is COc1c(C)cc(CCN(C)CCCCl)cc1C. The molecule has 0 saturated heterocycles. The number of hydrogen-bond donors (Lipinski definition) is 0. The van der Waals surface area contributed by atoms with Crippen LogP contribution in [-0.4, -0.2) is 38.0 Å². The van der Waals surface area contributed by atoms with E-state index in [1.54, 1.807) is 7.11 Å². The first kappa shape index (κ1) is 15.3. The quantitative estimate of drug-likeness (QED) is 0.704. The van der Waals surface area contributed by atoms with E-state index in [4.69, 9.17) is 16.3 Å². The Hall–Kier alpha value is -0.730. The van der Waals surface area contributed by atoms with Gasteiger partial charge in [-0.1, -0.05) is 12.1 Å². The number of rotatable bonds is 7. The van der Waals surface area contributed by atoms with E-state index in [0.29, 0.717) is 0 Å². The molecular formula is C15H24ClNO. The summed E-state index contributed by atoms with van der Waals surface area (Å²) >= 11 is 5.70. The van der Waals surface area contributed by atoms with E-state index >= 15 is 0 Å². The summed E-state index contributed by atoms with van der Waals surface area (Å²) in [6, 6.07) is 4.45. The first-order chi connectivity index (χ1) is 8.58. The van der Waals surface area contributed by atoms with Gasteiger partial charge in [0.1, 0.15) is 5.75 Å². The van der Waals surface area contributed by atoms with Crippen LogP contribution >= 0.6 is 11.6 Å². The zero-order chi connectivity index (χ0) is 13.5. The van der Waals surface area contributed by atoms with Gasteiger partial charge >= 0.3 is 0 Å². The third-order valence-corrected chi connectivity index (χ3v) is 3.45. The molecule has 0 amide bonds. The van der Waals surface area contributed by atoms with Crippen LogP contribution in [0.1, 0.15) is 23.1 Å². The highest BCUT2D eigenvalue weighted by Crippen LogP contribution is 2.24. The van der Waals surface area contributed by atoms with Crippen molar-refractivity contribution < 1.29 is 4.74 Å². The van der Waals surface area contributed by atoms with Crippen molar-refractivity contribution in [3.63, 3.8) is 0 Å². The molecule has 102 valence electrons. The molecule has 0 heterocycles. The second-order valence-electron chi connectivity index (χ2n) is 4.86. The number of aryl methyl sites for hydroxylation is 2. The Labute approximate surface area is 116 Å². The van der Waals surface area contributed by atoms with Gasteiger partial charge in [-0.25, -0.2) is 0 Å². The van der Waals surface area contributed by atoms with Crippen molar-refractivity contribution in [3.05, 3.63) is 28.8 Å². The maximum absolute atomic E-state index is 5.70. The largest absolute Gasteiger partial charge is 0.496 e. The Kier molecular flexibility index (Phi) is 6.51. The van der Waals surface area contributed by atoms with Crippen molar-refractivity contribution >= 4 is 11.6 Å². The first-order valence-electron chi connectivity index (χ1n) is 6.47. The highest BCUT2D eigenvalue weighted by Gasteiger charge is 2.06. The molecule has 1 aromatic carbocycles. The Morgan fingerprint density at radius 1 is 1.17 bits per heavy atom. The van der Waals surface area contributed by atoms with Crippen molar-refractivity contribution in [1.29, 1.82) is 0 Å². The molecule has 0 N–H and O–H groups in total. The van der Waals surface area contributed by atoms with Crippen LogP contribution in [-0.2, 0) is 6.42 Å². The van der Waals surface area contributed by atoms with Gasteiger partial charge in [-0.05, 0) is 57.0 Å². The summed E-state index contributed by atoms with van der Waals surface area (Å²) < 4.78 is 5.38. The van der Waals surface area contributed by atoms with Crippen LogP contribution in [0, 0.1) is 13.8 Å². The van der Waals surface area contributed by atoms with Crippen LogP contribution < -0.4 is 4.74 Å². The molecule has 0 unspecified atom stereocenters. The molecule has 0 radical (unpaired) electrons. The maximum atomic E-state index is 5.70. The highest BCUT2D eigenvalue weighted by atomic mass is 35.5. The van der Waals surface area contributed by atoms with Gasteiger partial charge in [-0.2, -0.15) is 0 Å². The van der Waals surface area contributed by atoms with E-state index < -0.39 is 0 Å². The van der Waals surface area contributed by atoms with Gasteiger partial charge in [0.2, 0.25) is 0 Å². The smallest absolute Gasteiger partial charge is 0.124 e. The summed E-state index contributed by atoms with van der Waals surface area (Å²) in [6.07, 6.45) is 2.13. The third-order valence-electron chi connectivity index (χ3n) is 3.18. The fourth-order valence-corrected chi connectivity index (χ4v) is 2.39. The van der Waals surface area contributed by atoms with Gasteiger partial charge in [0.05, 0.1) is 7.11 Å². The molecule has 0 atom stereocenters. The topological polar surface area (TPSA) is 12.5 Å². The second kappa shape index (κ2) is 7.65. The normalized spacial score (nSPS) is 11.0. The van der Waals surface area contributed by atoms with E-state index in [0.717, 1.165) is 37.6 Å². The number of likely N-dealkylation sites (N-methyl/N-ethyl adjacent to an activating group) is 1. The predicted octanol–water partition coefficient (Wildman–Crippen LogP) is 3.42. The number of hydrogen-bond acceptors (Lipinski definition) is 2. The second-order valence-corrected chi connectivity index (χ2v) is 5.24. The number of methoxy groups -OCH3 is 1. The van der Waals surface area contributed by atoms with Crippen LogP contribution in [0.2, 0.25) is 0 Å². The van der Waals surface area contributed by atoms with Gasteiger partial charge in [0.25, 0.3) is 0 Å². The van der Waals surface area contributed by atoms with Crippen LogP contribution in [0.3, 0.4) is 0 Å². The van der Waals surface area contributed by atoms with E-state index in [2.05, 4.69) is 37.9 Å². The van der Waals surface area contributed by atoms with Crippen molar-refractivity contribution in [2.75, 3.05) is 33.1 Å². The van der Waals surface area contributed by atoms with Gasteiger partial charge in [0.15, 0.2) is 0 Å². The molecule has 1 rings (SSSR count). The minimum absolute atomic E-state index is 0.741. The Balaban J connectivity index is 2.58. The summed E-state index contributed by atoms with van der Waals surface area (Å²) in [6.45, 7) is 6.35. The minimum atomic E-state index is 0.741. The lowest BCUT2D eigenvalue weighted by molar-refractivity contribution is 0.339. The lowest BCUT2D eigenvalue weighted by Gasteiger charge is -2.17. The molecule has 3 heteroatoms. The molecule has 0 aliphatic heterocycles. The van der Waals surface area contributed by atoms with E-state index in [9.17, 15) is 0 Å². The molecule has 0 saturated carbocycles. The van der Waals surface area contributed by atoms with Gasteiger partial charge in [-0.15, -0.1) is 11.6 Å². The monoisotopic (exact) mass is 269 g/mol. The first-order valence-corrected chi connectivity index (χ1v) is 7.00. The standard InChI is InChI=1S/C15H24ClNO/c1-12-10-14(11-13(2)15(12)18-4)6-9-17(3)8-5-7-16/h10-11H,5-9H2,1-4H3. The molecule has 0 aromatic heterocycles. The van der Waals surface area contributed by atoms with Crippen LogP contribution in [0.4, 0.5) is 0 Å². The van der Waals surface area contributed by atoms with Crippen LogP contribution in [0.25, 0.3) is 0 Å². The highest BCUT2D eigenvalue weighted by molar-refractivity contribution is 6.17. The molecule has 2 nitrogen and oxygen atoms in total. The Morgan fingerprint density at radius 2 is 1.78 bits per heavy atom. The fourth-order valence-electron chi connectivity index (χ4n) is 2.27. The van der Waals surface area contributed by atoms with Gasteiger partial charge in [0, 0.05) is 12.4 Å². The molecule has 0 aliphatic rings. The zero-order valence-electron chi connectivity index (χ0n) is 11.9. The maximum Gasteiger partial charge on any atom is 0.124 e. The van der Waals surface area contributed by atoms with Crippen LogP contribution in [0.5, 0.6) is 5.75 Å². The van der Waals surface area contributed by atoms with Crippen LogP contribution in [0.15, 0.2) is 12.1 Å². The summed E-state index contributed by atoms with van der Waals surface area (Å²) in [7, 11) is 3.88. The predicted molar refractivity (Wildman–Crippen MR) is 79.0 cm³/mol.